The molecule has 0 aliphatic rings. The van der Waals surface area contributed by atoms with E-state index in [-0.39, 0.29) is 0 Å². The third-order valence-electron chi connectivity index (χ3n) is 4.49. The molecule has 4 heteroatoms. The normalized spacial score (nSPS) is 10.9. The van der Waals surface area contributed by atoms with E-state index < -0.39 is 0 Å². The van der Waals surface area contributed by atoms with Crippen LogP contribution in [0.3, 0.4) is 0 Å². The third-order valence-corrected chi connectivity index (χ3v) is 5.97. The number of halogens is 4. The molecule has 0 unspecified atom stereocenters. The van der Waals surface area contributed by atoms with Gasteiger partial charge in [-0.25, -0.2) is 0 Å². The highest BCUT2D eigenvalue weighted by Gasteiger charge is 2.19. The molecule has 4 aromatic rings. The highest BCUT2D eigenvalue weighted by molar-refractivity contribution is 9.10. The molecular formula is C24H13BrCl3. The Morgan fingerprint density at radius 2 is 1.39 bits per heavy atom. The van der Waals surface area contributed by atoms with Crippen molar-refractivity contribution in [2.24, 2.45) is 0 Å². The lowest BCUT2D eigenvalue weighted by Gasteiger charge is -2.18. The van der Waals surface area contributed by atoms with Crippen LogP contribution in [0.15, 0.2) is 83.3 Å². The Balaban J connectivity index is 2.10. The van der Waals surface area contributed by atoms with Gasteiger partial charge in [0, 0.05) is 26.1 Å². The molecule has 1 radical (unpaired) electrons. The zero-order valence-electron chi connectivity index (χ0n) is 14.5. The lowest BCUT2D eigenvalue weighted by molar-refractivity contribution is 1.54. The molecule has 0 nitrogen and oxygen atoms in total. The van der Waals surface area contributed by atoms with Gasteiger partial charge < -0.3 is 0 Å². The van der Waals surface area contributed by atoms with Gasteiger partial charge in [-0.05, 0) is 64.2 Å². The van der Waals surface area contributed by atoms with Gasteiger partial charge in [-0.1, -0.05) is 93.2 Å². The Labute approximate surface area is 187 Å². The molecule has 0 saturated carbocycles. The van der Waals surface area contributed by atoms with E-state index in [9.17, 15) is 0 Å². The van der Waals surface area contributed by atoms with Gasteiger partial charge in [0.15, 0.2) is 0 Å². The molecule has 0 spiro atoms. The average Bonchev–Trinajstić information content (AvgIpc) is 2.69. The summed E-state index contributed by atoms with van der Waals surface area (Å²) in [4.78, 5) is 0. The summed E-state index contributed by atoms with van der Waals surface area (Å²) in [5, 5.41) is 1.88. The van der Waals surface area contributed by atoms with Gasteiger partial charge in [-0.3, -0.25) is 0 Å². The molecule has 0 aromatic heterocycles. The number of benzene rings is 4. The van der Waals surface area contributed by atoms with E-state index in [0.717, 1.165) is 37.9 Å². The van der Waals surface area contributed by atoms with Crippen LogP contribution < -0.4 is 0 Å². The van der Waals surface area contributed by atoms with Gasteiger partial charge in [0.05, 0.1) is 5.02 Å². The van der Waals surface area contributed by atoms with Gasteiger partial charge in [0.1, 0.15) is 0 Å². The van der Waals surface area contributed by atoms with Gasteiger partial charge in [0.2, 0.25) is 0 Å². The van der Waals surface area contributed by atoms with Crippen molar-refractivity contribution < 1.29 is 0 Å². The van der Waals surface area contributed by atoms with Crippen molar-refractivity contribution in [1.82, 2.24) is 0 Å². The zero-order valence-corrected chi connectivity index (χ0v) is 18.4. The van der Waals surface area contributed by atoms with Crippen LogP contribution >= 0.6 is 50.7 Å². The zero-order chi connectivity index (χ0) is 19.7. The maximum Gasteiger partial charge on any atom is 0.0570 e. The van der Waals surface area contributed by atoms with Gasteiger partial charge in [-0.15, -0.1) is 0 Å². The fraction of sp³-hybridized carbons (Fsp3) is 0. The molecule has 4 aromatic carbocycles. The number of hydrogen-bond acceptors (Lipinski definition) is 0. The Morgan fingerprint density at radius 1 is 0.643 bits per heavy atom. The maximum absolute atomic E-state index is 6.66. The largest absolute Gasteiger partial charge is 0.0843 e. The summed E-state index contributed by atoms with van der Waals surface area (Å²) in [5.74, 6) is 0. The molecule has 0 atom stereocenters. The molecule has 0 aliphatic carbocycles. The highest BCUT2D eigenvalue weighted by Crippen LogP contribution is 2.45. The molecular weight excluding hydrogens is 475 g/mol. The average molecular weight is 488 g/mol. The first-order valence-corrected chi connectivity index (χ1v) is 10.5. The fourth-order valence-corrected chi connectivity index (χ4v) is 4.32. The molecule has 4 rings (SSSR count). The molecule has 0 bridgehead atoms. The lowest BCUT2D eigenvalue weighted by Crippen LogP contribution is -1.93. The predicted octanol–water partition coefficient (Wildman–Crippen LogP) is 9.21. The Bertz CT molecular complexity index is 1150. The Morgan fingerprint density at radius 3 is 2.11 bits per heavy atom. The first kappa shape index (κ1) is 19.5. The van der Waals surface area contributed by atoms with E-state index in [0.29, 0.717) is 15.1 Å². The van der Waals surface area contributed by atoms with Crippen LogP contribution in [0.1, 0.15) is 0 Å². The second kappa shape index (κ2) is 8.31. The SMILES string of the molecule is Clc1ccc(-c2c(-c3ccccc3Br)c[c]c(Cl)c2-c2cccc(Cl)c2)cc1. The van der Waals surface area contributed by atoms with E-state index in [2.05, 4.69) is 28.1 Å². The molecule has 28 heavy (non-hydrogen) atoms. The topological polar surface area (TPSA) is 0 Å². The second-order valence-corrected chi connectivity index (χ2v) is 8.37. The minimum atomic E-state index is 0.544. The second-order valence-electron chi connectivity index (χ2n) is 6.26. The first-order chi connectivity index (χ1) is 13.5. The van der Waals surface area contributed by atoms with Crippen LogP contribution in [-0.4, -0.2) is 0 Å². The predicted molar refractivity (Wildman–Crippen MR) is 124 cm³/mol. The Hall–Kier alpha value is -1.77. The van der Waals surface area contributed by atoms with Crippen LogP contribution in [0.2, 0.25) is 15.1 Å². The van der Waals surface area contributed by atoms with Crippen molar-refractivity contribution in [2.45, 2.75) is 0 Å². The molecule has 0 heterocycles. The van der Waals surface area contributed by atoms with Crippen LogP contribution in [-0.2, 0) is 0 Å². The summed E-state index contributed by atoms with van der Waals surface area (Å²) < 4.78 is 0.998. The van der Waals surface area contributed by atoms with E-state index in [1.165, 1.54) is 0 Å². The summed E-state index contributed by atoms with van der Waals surface area (Å²) in [6.45, 7) is 0. The standard InChI is InChI=1S/C24H13BrCl3/c25-21-7-2-1-6-19(21)20-12-13-22(28)24(16-4-3-5-18(27)14-16)23(20)15-8-10-17(26)11-9-15/h1-12,14H. The first-order valence-electron chi connectivity index (χ1n) is 8.55. The highest BCUT2D eigenvalue weighted by atomic mass is 79.9. The molecule has 137 valence electrons. The van der Waals surface area contributed by atoms with Gasteiger partial charge >= 0.3 is 0 Å². The fourth-order valence-electron chi connectivity index (χ4n) is 3.25. The van der Waals surface area contributed by atoms with Crippen LogP contribution in [0.25, 0.3) is 33.4 Å². The maximum atomic E-state index is 6.66. The summed E-state index contributed by atoms with van der Waals surface area (Å²) in [6, 6.07) is 28.7. The van der Waals surface area contributed by atoms with E-state index in [4.69, 9.17) is 34.8 Å². The van der Waals surface area contributed by atoms with Crippen molar-refractivity contribution in [3.63, 3.8) is 0 Å². The Kier molecular flexibility index (Phi) is 5.80. The summed E-state index contributed by atoms with van der Waals surface area (Å²) in [5.41, 5.74) is 5.93. The van der Waals surface area contributed by atoms with E-state index in [1.807, 2.05) is 72.8 Å². The molecule has 0 aliphatic heterocycles. The van der Waals surface area contributed by atoms with Crippen molar-refractivity contribution in [2.75, 3.05) is 0 Å². The van der Waals surface area contributed by atoms with Crippen LogP contribution in [0, 0.1) is 6.07 Å². The van der Waals surface area contributed by atoms with Crippen molar-refractivity contribution >= 4 is 50.7 Å². The van der Waals surface area contributed by atoms with Crippen molar-refractivity contribution in [1.29, 1.82) is 0 Å². The molecule has 0 N–H and O–H groups in total. The monoisotopic (exact) mass is 485 g/mol. The van der Waals surface area contributed by atoms with E-state index in [1.54, 1.807) is 0 Å². The smallest absolute Gasteiger partial charge is 0.0570 e. The van der Waals surface area contributed by atoms with E-state index >= 15 is 0 Å². The molecule has 0 fully saturated rings. The minimum absolute atomic E-state index is 0.544. The van der Waals surface area contributed by atoms with Gasteiger partial charge in [-0.2, -0.15) is 0 Å². The number of rotatable bonds is 3. The molecule has 0 saturated heterocycles. The van der Waals surface area contributed by atoms with Gasteiger partial charge in [0.25, 0.3) is 0 Å². The quantitative estimate of drug-likeness (QED) is 0.270. The lowest BCUT2D eigenvalue weighted by atomic mass is 9.87. The van der Waals surface area contributed by atoms with Crippen LogP contribution in [0.4, 0.5) is 0 Å². The minimum Gasteiger partial charge on any atom is -0.0843 e. The summed E-state index contributed by atoms with van der Waals surface area (Å²) in [6.07, 6.45) is 0. The van der Waals surface area contributed by atoms with Crippen LogP contribution in [0.5, 0.6) is 0 Å². The number of hydrogen-bond donors (Lipinski definition) is 0. The van der Waals surface area contributed by atoms with Crippen molar-refractivity contribution in [3.8, 4) is 33.4 Å². The molecule has 0 amide bonds. The van der Waals surface area contributed by atoms with Crippen molar-refractivity contribution in [3.05, 3.63) is 104 Å². The summed E-state index contributed by atoms with van der Waals surface area (Å²) >= 11 is 22.7. The third kappa shape index (κ3) is 3.86. The summed E-state index contributed by atoms with van der Waals surface area (Å²) in [7, 11) is 0.